The number of nitrogens with zero attached hydrogens (tertiary/aromatic N) is 2. The molecule has 6 heteroatoms. The van der Waals surface area contributed by atoms with E-state index < -0.39 is 0 Å². The van der Waals surface area contributed by atoms with E-state index in [-0.39, 0.29) is 11.6 Å². The van der Waals surface area contributed by atoms with Crippen LogP contribution in [-0.2, 0) is 0 Å². The van der Waals surface area contributed by atoms with Crippen LogP contribution in [-0.4, -0.2) is 15.2 Å². The van der Waals surface area contributed by atoms with Gasteiger partial charge in [-0.3, -0.25) is 9.20 Å². The molecule has 2 heterocycles. The van der Waals surface area contributed by atoms with E-state index in [2.05, 4.69) is 36.8 Å². The number of pyridine rings is 1. The molecule has 0 amide bonds. The minimum absolute atomic E-state index is 0.105. The lowest BCUT2D eigenvalue weighted by atomic mass is 10.1. The zero-order valence-electron chi connectivity index (χ0n) is 10.9. The monoisotopic (exact) mass is 410 g/mol. The van der Waals surface area contributed by atoms with Crippen molar-refractivity contribution in [1.82, 2.24) is 9.38 Å². The molecule has 0 atom stereocenters. The van der Waals surface area contributed by atoms with Gasteiger partial charge in [0.15, 0.2) is 11.4 Å². The van der Waals surface area contributed by atoms with Gasteiger partial charge in [-0.1, -0.05) is 0 Å². The molecule has 3 nitrogen and oxygen atoms in total. The molecule has 0 radical (unpaired) electrons. The van der Waals surface area contributed by atoms with Gasteiger partial charge in [0.25, 0.3) is 0 Å². The van der Waals surface area contributed by atoms with E-state index in [0.717, 1.165) is 8.95 Å². The number of carbonyl (C=O) groups excluding carboxylic acids is 1. The zero-order chi connectivity index (χ0) is 15.1. The zero-order valence-corrected chi connectivity index (χ0v) is 14.1. The molecule has 0 spiro atoms. The molecular weight excluding hydrogens is 403 g/mol. The molecule has 0 fully saturated rings. The van der Waals surface area contributed by atoms with Gasteiger partial charge >= 0.3 is 0 Å². The van der Waals surface area contributed by atoms with E-state index in [0.29, 0.717) is 22.6 Å². The first kappa shape index (κ1) is 14.4. The number of hydrogen-bond donors (Lipinski definition) is 0. The number of Topliss-reactive ketones (excluding diaryl/α,β-unsaturated/α-hetero) is 1. The number of ketones is 1. The van der Waals surface area contributed by atoms with E-state index in [9.17, 15) is 9.18 Å². The van der Waals surface area contributed by atoms with Crippen molar-refractivity contribution in [2.45, 2.75) is 6.92 Å². The second kappa shape index (κ2) is 5.35. The Morgan fingerprint density at radius 2 is 1.90 bits per heavy atom. The van der Waals surface area contributed by atoms with Crippen LogP contribution in [0.2, 0.25) is 0 Å². The Labute approximate surface area is 137 Å². The number of hydrogen-bond acceptors (Lipinski definition) is 2. The van der Waals surface area contributed by atoms with E-state index in [4.69, 9.17) is 0 Å². The third kappa shape index (κ3) is 2.53. The van der Waals surface area contributed by atoms with Crippen molar-refractivity contribution in [3.05, 3.63) is 57.0 Å². The minimum Gasteiger partial charge on any atom is -0.294 e. The molecule has 106 valence electrons. The lowest BCUT2D eigenvalue weighted by Crippen LogP contribution is -2.01. The van der Waals surface area contributed by atoms with Gasteiger partial charge in [-0.05, 0) is 62.2 Å². The van der Waals surface area contributed by atoms with Gasteiger partial charge in [-0.2, -0.15) is 0 Å². The normalized spacial score (nSPS) is 11.0. The molecule has 3 aromatic rings. The summed E-state index contributed by atoms with van der Waals surface area (Å²) < 4.78 is 16.4. The quantitative estimate of drug-likeness (QED) is 0.564. The highest BCUT2D eigenvalue weighted by atomic mass is 79.9. The number of carbonyl (C=O) groups is 1. The van der Waals surface area contributed by atoms with Crippen LogP contribution in [0.1, 0.15) is 17.4 Å². The van der Waals surface area contributed by atoms with E-state index in [1.165, 1.54) is 19.1 Å². The SMILES string of the molecule is CC(=O)c1c(-c2ccc(F)cc2)nc2c(Br)cc(Br)cn12. The number of aromatic nitrogens is 2. The Morgan fingerprint density at radius 1 is 1.24 bits per heavy atom. The van der Waals surface area contributed by atoms with E-state index in [1.54, 1.807) is 22.7 Å². The Morgan fingerprint density at radius 3 is 2.52 bits per heavy atom. The van der Waals surface area contributed by atoms with Crippen molar-refractivity contribution in [2.24, 2.45) is 0 Å². The van der Waals surface area contributed by atoms with Crippen molar-refractivity contribution < 1.29 is 9.18 Å². The lowest BCUT2D eigenvalue weighted by Gasteiger charge is -2.02. The molecule has 21 heavy (non-hydrogen) atoms. The molecular formula is C15H9Br2FN2O. The van der Waals surface area contributed by atoms with E-state index in [1.807, 2.05) is 6.07 Å². The second-order valence-corrected chi connectivity index (χ2v) is 6.34. The molecule has 0 aliphatic heterocycles. The summed E-state index contributed by atoms with van der Waals surface area (Å²) in [6.45, 7) is 1.49. The highest BCUT2D eigenvalue weighted by Crippen LogP contribution is 2.30. The van der Waals surface area contributed by atoms with Gasteiger partial charge in [0, 0.05) is 23.2 Å². The summed E-state index contributed by atoms with van der Waals surface area (Å²) in [5, 5.41) is 0. The van der Waals surface area contributed by atoms with Crippen molar-refractivity contribution in [1.29, 1.82) is 0 Å². The average molecular weight is 412 g/mol. The fraction of sp³-hybridized carbons (Fsp3) is 0.0667. The second-order valence-electron chi connectivity index (χ2n) is 4.57. The number of rotatable bonds is 2. The number of halogens is 3. The van der Waals surface area contributed by atoms with Crippen molar-refractivity contribution in [3.63, 3.8) is 0 Å². The smallest absolute Gasteiger partial charge is 0.178 e. The molecule has 2 aromatic heterocycles. The predicted molar refractivity (Wildman–Crippen MR) is 86.0 cm³/mol. The van der Waals surface area contributed by atoms with Gasteiger partial charge in [-0.25, -0.2) is 9.37 Å². The van der Waals surface area contributed by atoms with Crippen LogP contribution in [0.4, 0.5) is 4.39 Å². The standard InChI is InChI=1S/C15H9Br2FN2O/c1-8(21)14-13(9-2-4-11(18)5-3-9)19-15-12(17)6-10(16)7-20(14)15/h2-7H,1H3. The highest BCUT2D eigenvalue weighted by molar-refractivity contribution is 9.11. The fourth-order valence-electron chi connectivity index (χ4n) is 2.22. The molecule has 0 unspecified atom stereocenters. The predicted octanol–water partition coefficient (Wildman–Crippen LogP) is 4.87. The third-order valence-corrected chi connectivity index (χ3v) is 4.11. The fourth-order valence-corrected chi connectivity index (χ4v) is 3.49. The summed E-state index contributed by atoms with van der Waals surface area (Å²) in [5.74, 6) is -0.428. The number of imidazole rings is 1. The van der Waals surface area contributed by atoms with Gasteiger partial charge < -0.3 is 0 Å². The van der Waals surface area contributed by atoms with E-state index >= 15 is 0 Å². The number of benzene rings is 1. The van der Waals surface area contributed by atoms with Crippen LogP contribution >= 0.6 is 31.9 Å². The van der Waals surface area contributed by atoms with Gasteiger partial charge in [-0.15, -0.1) is 0 Å². The van der Waals surface area contributed by atoms with Crippen LogP contribution < -0.4 is 0 Å². The summed E-state index contributed by atoms with van der Waals surface area (Å²) in [5.41, 5.74) is 2.36. The Hall–Kier alpha value is -1.53. The largest absolute Gasteiger partial charge is 0.294 e. The maximum atomic E-state index is 13.1. The van der Waals surface area contributed by atoms with Crippen LogP contribution in [0.5, 0.6) is 0 Å². The molecule has 0 bridgehead atoms. The Kier molecular flexibility index (Phi) is 3.67. The van der Waals surface area contributed by atoms with Crippen molar-refractivity contribution in [2.75, 3.05) is 0 Å². The van der Waals surface area contributed by atoms with Gasteiger partial charge in [0.05, 0.1) is 4.47 Å². The molecule has 0 saturated carbocycles. The summed E-state index contributed by atoms with van der Waals surface area (Å²) in [4.78, 5) is 16.6. The lowest BCUT2D eigenvalue weighted by molar-refractivity contribution is 0.101. The summed E-state index contributed by atoms with van der Waals surface area (Å²) in [6.07, 6.45) is 1.79. The Bertz CT molecular complexity index is 856. The van der Waals surface area contributed by atoms with Crippen LogP contribution in [0.25, 0.3) is 16.9 Å². The van der Waals surface area contributed by atoms with Crippen molar-refractivity contribution in [3.8, 4) is 11.3 Å². The molecule has 0 aliphatic rings. The molecule has 3 rings (SSSR count). The Balaban J connectivity index is 2.37. The van der Waals surface area contributed by atoms with Crippen LogP contribution in [0.15, 0.2) is 45.5 Å². The topological polar surface area (TPSA) is 34.4 Å². The molecule has 1 aromatic carbocycles. The third-order valence-electron chi connectivity index (χ3n) is 3.09. The van der Waals surface area contributed by atoms with Gasteiger partial charge in [0.1, 0.15) is 17.2 Å². The molecule has 0 saturated heterocycles. The maximum absolute atomic E-state index is 13.1. The first-order chi connectivity index (χ1) is 9.97. The van der Waals surface area contributed by atoms with Crippen LogP contribution in [0.3, 0.4) is 0 Å². The summed E-state index contributed by atoms with van der Waals surface area (Å²) in [7, 11) is 0. The average Bonchev–Trinajstić information content (AvgIpc) is 2.79. The van der Waals surface area contributed by atoms with Crippen molar-refractivity contribution >= 4 is 43.3 Å². The number of fused-ring (bicyclic) bond motifs is 1. The van der Waals surface area contributed by atoms with Crippen LogP contribution in [0, 0.1) is 5.82 Å². The molecule has 0 N–H and O–H groups in total. The summed E-state index contributed by atoms with van der Waals surface area (Å²) >= 11 is 6.85. The first-order valence-corrected chi connectivity index (χ1v) is 7.70. The first-order valence-electron chi connectivity index (χ1n) is 6.11. The molecule has 0 aliphatic carbocycles. The minimum atomic E-state index is -0.323. The van der Waals surface area contributed by atoms with Gasteiger partial charge in [0.2, 0.25) is 0 Å². The highest BCUT2D eigenvalue weighted by Gasteiger charge is 2.19. The maximum Gasteiger partial charge on any atom is 0.178 e. The summed E-state index contributed by atoms with van der Waals surface area (Å²) in [6, 6.07) is 7.81.